The van der Waals surface area contributed by atoms with Crippen LogP contribution in [0.4, 0.5) is 14.5 Å². The van der Waals surface area contributed by atoms with Crippen LogP contribution in [0.25, 0.3) is 0 Å². The normalized spacial score (nSPS) is 14.5. The van der Waals surface area contributed by atoms with Gasteiger partial charge in [-0.05, 0) is 25.0 Å². The van der Waals surface area contributed by atoms with E-state index in [1.54, 1.807) is 36.2 Å². The molecule has 3 nitrogen and oxygen atoms in total. The van der Waals surface area contributed by atoms with E-state index in [0.717, 1.165) is 12.8 Å². The second kappa shape index (κ2) is 6.23. The molecule has 0 heterocycles. The summed E-state index contributed by atoms with van der Waals surface area (Å²) in [6.45, 7) is 0.133. The van der Waals surface area contributed by atoms with Crippen LogP contribution >= 0.6 is 11.8 Å². The van der Waals surface area contributed by atoms with Crippen LogP contribution in [0, 0.1) is 0 Å². The Labute approximate surface area is 115 Å². The summed E-state index contributed by atoms with van der Waals surface area (Å²) in [5, 5.41) is 2.94. The predicted molar refractivity (Wildman–Crippen MR) is 72.6 cm³/mol. The fraction of sp³-hybridized carbons (Fsp3) is 0.462. The van der Waals surface area contributed by atoms with Crippen molar-refractivity contribution in [1.29, 1.82) is 0 Å². The number of alkyl halides is 2. The molecule has 1 fully saturated rings. The third kappa shape index (κ3) is 4.09. The van der Waals surface area contributed by atoms with Gasteiger partial charge >= 0.3 is 0 Å². The molecule has 0 radical (unpaired) electrons. The maximum atomic E-state index is 12.4. The number of carbonyl (C=O) groups excluding carboxylic acids is 1. The van der Waals surface area contributed by atoms with Crippen molar-refractivity contribution in [3.8, 4) is 0 Å². The van der Waals surface area contributed by atoms with Gasteiger partial charge in [0.05, 0.1) is 6.54 Å². The molecule has 0 atom stereocenters. The van der Waals surface area contributed by atoms with Crippen molar-refractivity contribution in [1.82, 2.24) is 4.90 Å². The quantitative estimate of drug-likeness (QED) is 0.816. The van der Waals surface area contributed by atoms with Crippen LogP contribution in [0.2, 0.25) is 0 Å². The Bertz CT molecular complexity index is 452. The zero-order valence-electron chi connectivity index (χ0n) is 10.6. The number of para-hydroxylation sites is 1. The number of anilines is 1. The number of rotatable bonds is 6. The average molecular weight is 286 g/mol. The van der Waals surface area contributed by atoms with E-state index in [1.165, 1.54) is 0 Å². The summed E-state index contributed by atoms with van der Waals surface area (Å²) in [4.78, 5) is 14.0. The third-order valence-electron chi connectivity index (χ3n) is 3.02. The summed E-state index contributed by atoms with van der Waals surface area (Å²) in [7, 11) is 1.78. The van der Waals surface area contributed by atoms with Crippen molar-refractivity contribution in [3.05, 3.63) is 24.3 Å². The molecule has 1 aromatic rings. The molecule has 0 saturated heterocycles. The number of nitrogens with one attached hydrogen (secondary N) is 1. The smallest absolute Gasteiger partial charge is 0.288 e. The molecule has 0 aromatic heterocycles. The average Bonchev–Trinajstić information content (AvgIpc) is 3.20. The van der Waals surface area contributed by atoms with Crippen molar-refractivity contribution >= 4 is 23.4 Å². The molecule has 1 aliphatic carbocycles. The van der Waals surface area contributed by atoms with Gasteiger partial charge in [0.15, 0.2) is 0 Å². The van der Waals surface area contributed by atoms with E-state index in [0.29, 0.717) is 28.4 Å². The molecule has 6 heteroatoms. The van der Waals surface area contributed by atoms with Gasteiger partial charge in [-0.3, -0.25) is 4.79 Å². The standard InChI is InChI=1S/C13H16F2N2OS/c1-17(9-6-7-9)12(18)8-16-10-4-2-3-5-11(10)19-13(14)15/h2-5,9,13,16H,6-8H2,1H3. The molecule has 1 saturated carbocycles. The SMILES string of the molecule is CN(C(=O)CNc1ccccc1SC(F)F)C1CC1. The number of nitrogens with zero attached hydrogens (tertiary/aromatic N) is 1. The summed E-state index contributed by atoms with van der Waals surface area (Å²) in [6, 6.07) is 7.14. The van der Waals surface area contributed by atoms with Gasteiger partial charge in [0.25, 0.3) is 5.76 Å². The minimum absolute atomic E-state index is 0.0145. The highest BCUT2D eigenvalue weighted by Gasteiger charge is 2.29. The van der Waals surface area contributed by atoms with Crippen molar-refractivity contribution in [2.75, 3.05) is 18.9 Å². The van der Waals surface area contributed by atoms with E-state index >= 15 is 0 Å². The number of carbonyl (C=O) groups is 1. The molecule has 1 amide bonds. The number of hydrogen-bond donors (Lipinski definition) is 1. The Morgan fingerprint density at radius 1 is 1.47 bits per heavy atom. The first kappa shape index (κ1) is 14.1. The zero-order chi connectivity index (χ0) is 13.8. The highest BCUT2D eigenvalue weighted by Crippen LogP contribution is 2.31. The Morgan fingerprint density at radius 3 is 2.79 bits per heavy atom. The van der Waals surface area contributed by atoms with Crippen LogP contribution in [0.1, 0.15) is 12.8 Å². The topological polar surface area (TPSA) is 32.3 Å². The summed E-state index contributed by atoms with van der Waals surface area (Å²) >= 11 is 0.483. The molecule has 0 bridgehead atoms. The minimum atomic E-state index is -2.47. The number of thioether (sulfide) groups is 1. The van der Waals surface area contributed by atoms with Crippen molar-refractivity contribution in [2.24, 2.45) is 0 Å². The Kier molecular flexibility index (Phi) is 4.63. The van der Waals surface area contributed by atoms with Crippen molar-refractivity contribution < 1.29 is 13.6 Å². The van der Waals surface area contributed by atoms with Gasteiger partial charge in [0.2, 0.25) is 5.91 Å². The maximum Gasteiger partial charge on any atom is 0.288 e. The summed E-state index contributed by atoms with van der Waals surface area (Å²) < 4.78 is 24.8. The van der Waals surface area contributed by atoms with Crippen LogP contribution in [0.5, 0.6) is 0 Å². The second-order valence-electron chi connectivity index (χ2n) is 4.46. The van der Waals surface area contributed by atoms with Crippen LogP contribution in [0.3, 0.4) is 0 Å². The van der Waals surface area contributed by atoms with Crippen LogP contribution in [-0.4, -0.2) is 36.2 Å². The minimum Gasteiger partial charge on any atom is -0.375 e. The first-order valence-electron chi connectivity index (χ1n) is 6.11. The summed E-state index contributed by atoms with van der Waals surface area (Å²) in [6.07, 6.45) is 2.11. The molecule has 1 N–H and O–H groups in total. The molecule has 104 valence electrons. The van der Waals surface area contributed by atoms with Crippen LogP contribution < -0.4 is 5.32 Å². The van der Waals surface area contributed by atoms with Gasteiger partial charge in [-0.2, -0.15) is 8.78 Å². The van der Waals surface area contributed by atoms with Gasteiger partial charge in [-0.1, -0.05) is 23.9 Å². The molecule has 1 aromatic carbocycles. The number of likely N-dealkylation sites (N-methyl/N-ethyl adjacent to an activating group) is 1. The maximum absolute atomic E-state index is 12.4. The number of hydrogen-bond acceptors (Lipinski definition) is 3. The lowest BCUT2D eigenvalue weighted by molar-refractivity contribution is -0.128. The van der Waals surface area contributed by atoms with Crippen LogP contribution in [-0.2, 0) is 4.79 Å². The van der Waals surface area contributed by atoms with Gasteiger partial charge in [0.1, 0.15) is 0 Å². The highest BCUT2D eigenvalue weighted by molar-refractivity contribution is 7.99. The predicted octanol–water partition coefficient (Wildman–Crippen LogP) is 3.03. The zero-order valence-corrected chi connectivity index (χ0v) is 11.4. The molecule has 1 aliphatic rings. The Hall–Kier alpha value is -1.30. The van der Waals surface area contributed by atoms with E-state index < -0.39 is 5.76 Å². The van der Waals surface area contributed by atoms with Crippen LogP contribution in [0.15, 0.2) is 29.2 Å². The van der Waals surface area contributed by atoms with Gasteiger partial charge in [-0.15, -0.1) is 0 Å². The first-order valence-corrected chi connectivity index (χ1v) is 6.99. The molecule has 2 rings (SSSR count). The number of halogens is 2. The molecule has 0 spiro atoms. The molecule has 0 unspecified atom stereocenters. The van der Waals surface area contributed by atoms with Gasteiger partial charge in [0, 0.05) is 23.7 Å². The fourth-order valence-electron chi connectivity index (χ4n) is 1.77. The number of amides is 1. The lowest BCUT2D eigenvalue weighted by atomic mass is 10.3. The molecule has 19 heavy (non-hydrogen) atoms. The van der Waals surface area contributed by atoms with E-state index in [1.807, 2.05) is 0 Å². The largest absolute Gasteiger partial charge is 0.375 e. The monoisotopic (exact) mass is 286 g/mol. The second-order valence-corrected chi connectivity index (χ2v) is 5.50. The fourth-order valence-corrected chi connectivity index (χ4v) is 2.39. The summed E-state index contributed by atoms with van der Waals surface area (Å²) in [5.41, 5.74) is 0.574. The van der Waals surface area contributed by atoms with Gasteiger partial charge < -0.3 is 10.2 Å². The lowest BCUT2D eigenvalue weighted by Gasteiger charge is -2.17. The van der Waals surface area contributed by atoms with E-state index in [-0.39, 0.29) is 12.5 Å². The lowest BCUT2D eigenvalue weighted by Crippen LogP contribution is -2.33. The molecular weight excluding hydrogens is 270 g/mol. The first-order chi connectivity index (χ1) is 9.08. The van der Waals surface area contributed by atoms with Crippen molar-refractivity contribution in [2.45, 2.75) is 29.5 Å². The number of benzene rings is 1. The molecule has 0 aliphatic heterocycles. The van der Waals surface area contributed by atoms with Gasteiger partial charge in [-0.25, -0.2) is 0 Å². The highest BCUT2D eigenvalue weighted by atomic mass is 32.2. The molecular formula is C13H16F2N2OS. The Morgan fingerprint density at radius 2 is 2.16 bits per heavy atom. The van der Waals surface area contributed by atoms with Crippen molar-refractivity contribution in [3.63, 3.8) is 0 Å². The van der Waals surface area contributed by atoms with E-state index in [9.17, 15) is 13.6 Å². The Balaban J connectivity index is 1.92. The van der Waals surface area contributed by atoms with E-state index in [4.69, 9.17) is 0 Å². The van der Waals surface area contributed by atoms with E-state index in [2.05, 4.69) is 5.32 Å². The summed E-state index contributed by atoms with van der Waals surface area (Å²) in [5.74, 6) is -2.48. The third-order valence-corrected chi connectivity index (χ3v) is 3.81.